The molecule has 0 radical (unpaired) electrons. The van der Waals surface area contributed by atoms with Crippen LogP contribution in [0.5, 0.6) is 5.75 Å². The number of ether oxygens (including phenoxy) is 1. The standard InChI is InChI=1S/C21H14BrFN2O4/c22-16-5-9-19(29-20(26)10-8-18-2-1-11-28-18)15(12-16)13-24-25-21(27)14-3-6-17(23)7-4-14/h1-13H,(H,25,27). The highest BCUT2D eigenvalue weighted by Crippen LogP contribution is 2.22. The zero-order valence-electron chi connectivity index (χ0n) is 14.8. The number of nitrogens with one attached hydrogen (secondary N) is 1. The van der Waals surface area contributed by atoms with Crippen LogP contribution in [-0.4, -0.2) is 18.1 Å². The van der Waals surface area contributed by atoms with Crippen LogP contribution in [0.2, 0.25) is 0 Å². The molecule has 8 heteroatoms. The summed E-state index contributed by atoms with van der Waals surface area (Å²) in [6.45, 7) is 0. The Morgan fingerprint density at radius 3 is 2.66 bits per heavy atom. The van der Waals surface area contributed by atoms with Crippen LogP contribution in [0.1, 0.15) is 21.7 Å². The molecule has 1 aromatic heterocycles. The molecule has 0 unspecified atom stereocenters. The first-order valence-corrected chi connectivity index (χ1v) is 9.12. The average molecular weight is 457 g/mol. The third-order valence-corrected chi connectivity index (χ3v) is 4.08. The number of amides is 1. The first-order chi connectivity index (χ1) is 14.0. The Labute approximate surface area is 173 Å². The van der Waals surface area contributed by atoms with Crippen molar-refractivity contribution in [2.75, 3.05) is 0 Å². The molecule has 1 amide bonds. The predicted octanol–water partition coefficient (Wildman–Crippen LogP) is 4.56. The number of carbonyl (C=O) groups excluding carboxylic acids is 2. The third kappa shape index (κ3) is 5.98. The van der Waals surface area contributed by atoms with Gasteiger partial charge in [-0.2, -0.15) is 5.10 Å². The molecule has 0 fully saturated rings. The lowest BCUT2D eigenvalue weighted by Gasteiger charge is -2.06. The largest absolute Gasteiger partial charge is 0.465 e. The normalized spacial score (nSPS) is 11.1. The van der Waals surface area contributed by atoms with E-state index >= 15 is 0 Å². The number of hydrogen-bond acceptors (Lipinski definition) is 5. The van der Waals surface area contributed by atoms with E-state index in [4.69, 9.17) is 9.15 Å². The summed E-state index contributed by atoms with van der Waals surface area (Å²) in [5, 5.41) is 3.87. The second kappa shape index (κ2) is 9.61. The SMILES string of the molecule is O=C(C=Cc1ccco1)Oc1ccc(Br)cc1C=NNC(=O)c1ccc(F)cc1. The number of hydrogen-bond donors (Lipinski definition) is 1. The van der Waals surface area contributed by atoms with Gasteiger partial charge in [-0.25, -0.2) is 14.6 Å². The van der Waals surface area contributed by atoms with Crippen LogP contribution < -0.4 is 10.2 Å². The number of esters is 1. The summed E-state index contributed by atoms with van der Waals surface area (Å²) in [5.74, 6) is -0.776. The molecule has 0 saturated heterocycles. The Morgan fingerprint density at radius 2 is 1.93 bits per heavy atom. The van der Waals surface area contributed by atoms with Crippen molar-refractivity contribution in [3.05, 3.63) is 94.1 Å². The minimum atomic E-state index is -0.603. The van der Waals surface area contributed by atoms with Crippen LogP contribution in [0.15, 0.2) is 80.9 Å². The van der Waals surface area contributed by atoms with E-state index in [1.54, 1.807) is 30.3 Å². The Bertz CT molecular complexity index is 1060. The number of carbonyl (C=O) groups is 2. The molecule has 0 aliphatic carbocycles. The summed E-state index contributed by atoms with van der Waals surface area (Å²) < 4.78 is 24.1. The van der Waals surface area contributed by atoms with Gasteiger partial charge in [0.15, 0.2) is 0 Å². The monoisotopic (exact) mass is 456 g/mol. The van der Waals surface area contributed by atoms with Crippen molar-refractivity contribution in [3.8, 4) is 5.75 Å². The highest BCUT2D eigenvalue weighted by molar-refractivity contribution is 9.10. The quantitative estimate of drug-likeness (QED) is 0.194. The third-order valence-electron chi connectivity index (χ3n) is 3.59. The lowest BCUT2D eigenvalue weighted by atomic mass is 10.2. The molecule has 0 aliphatic rings. The van der Waals surface area contributed by atoms with E-state index in [0.717, 1.165) is 4.47 Å². The van der Waals surface area contributed by atoms with Crippen LogP contribution in [0.4, 0.5) is 4.39 Å². The van der Waals surface area contributed by atoms with E-state index < -0.39 is 17.7 Å². The molecule has 1 heterocycles. The summed E-state index contributed by atoms with van der Waals surface area (Å²) in [6.07, 6.45) is 5.55. The molecular weight excluding hydrogens is 443 g/mol. The van der Waals surface area contributed by atoms with Crippen molar-refractivity contribution in [1.82, 2.24) is 5.43 Å². The molecule has 2 aromatic carbocycles. The Kier molecular flexibility index (Phi) is 6.70. The molecule has 3 rings (SSSR count). The van der Waals surface area contributed by atoms with E-state index in [0.29, 0.717) is 11.3 Å². The summed E-state index contributed by atoms with van der Waals surface area (Å²) in [5.41, 5.74) is 3.05. The minimum absolute atomic E-state index is 0.252. The van der Waals surface area contributed by atoms with E-state index in [-0.39, 0.29) is 11.3 Å². The number of halogens is 2. The predicted molar refractivity (Wildman–Crippen MR) is 109 cm³/mol. The second-order valence-corrected chi connectivity index (χ2v) is 6.57. The summed E-state index contributed by atoms with van der Waals surface area (Å²) in [4.78, 5) is 24.0. The fourth-order valence-electron chi connectivity index (χ4n) is 2.22. The summed E-state index contributed by atoms with van der Waals surface area (Å²) in [6, 6.07) is 13.4. The van der Waals surface area contributed by atoms with Gasteiger partial charge in [0.25, 0.3) is 5.91 Å². The van der Waals surface area contributed by atoms with Crippen molar-refractivity contribution in [3.63, 3.8) is 0 Å². The van der Waals surface area contributed by atoms with Gasteiger partial charge in [-0.05, 0) is 60.7 Å². The van der Waals surface area contributed by atoms with E-state index in [2.05, 4.69) is 26.5 Å². The maximum Gasteiger partial charge on any atom is 0.336 e. The molecule has 0 saturated carbocycles. The fraction of sp³-hybridized carbons (Fsp3) is 0. The average Bonchev–Trinajstić information content (AvgIpc) is 3.22. The van der Waals surface area contributed by atoms with Crippen LogP contribution in [-0.2, 0) is 4.79 Å². The van der Waals surface area contributed by atoms with Gasteiger partial charge in [-0.3, -0.25) is 4.79 Å². The molecule has 146 valence electrons. The molecule has 0 spiro atoms. The lowest BCUT2D eigenvalue weighted by Crippen LogP contribution is -2.17. The minimum Gasteiger partial charge on any atom is -0.465 e. The van der Waals surface area contributed by atoms with Crippen LogP contribution in [0, 0.1) is 5.82 Å². The molecular formula is C21H14BrFN2O4. The van der Waals surface area contributed by atoms with Crippen LogP contribution >= 0.6 is 15.9 Å². The van der Waals surface area contributed by atoms with Gasteiger partial charge < -0.3 is 9.15 Å². The number of nitrogens with zero attached hydrogens (tertiary/aromatic N) is 1. The Balaban J connectivity index is 1.67. The highest BCUT2D eigenvalue weighted by atomic mass is 79.9. The summed E-state index contributed by atoms with van der Waals surface area (Å²) >= 11 is 3.33. The van der Waals surface area contributed by atoms with Gasteiger partial charge in [0.1, 0.15) is 17.3 Å². The zero-order valence-corrected chi connectivity index (χ0v) is 16.4. The van der Waals surface area contributed by atoms with Crippen molar-refractivity contribution >= 4 is 40.1 Å². The number of benzene rings is 2. The van der Waals surface area contributed by atoms with Gasteiger partial charge in [0, 0.05) is 21.7 Å². The number of hydrazone groups is 1. The Morgan fingerprint density at radius 1 is 1.14 bits per heavy atom. The van der Waals surface area contributed by atoms with Gasteiger partial charge in [0.2, 0.25) is 0 Å². The van der Waals surface area contributed by atoms with E-state index in [1.807, 2.05) is 0 Å². The first-order valence-electron chi connectivity index (χ1n) is 8.33. The maximum atomic E-state index is 12.9. The zero-order chi connectivity index (χ0) is 20.6. The molecule has 1 N–H and O–H groups in total. The molecule has 3 aromatic rings. The Hall–Kier alpha value is -3.52. The van der Waals surface area contributed by atoms with Gasteiger partial charge in [0.05, 0.1) is 12.5 Å². The fourth-order valence-corrected chi connectivity index (χ4v) is 2.60. The number of rotatable bonds is 6. The molecule has 0 aliphatic heterocycles. The van der Waals surface area contributed by atoms with Crippen molar-refractivity contribution in [2.24, 2.45) is 5.10 Å². The van der Waals surface area contributed by atoms with Crippen LogP contribution in [0.3, 0.4) is 0 Å². The van der Waals surface area contributed by atoms with Crippen molar-refractivity contribution in [1.29, 1.82) is 0 Å². The topological polar surface area (TPSA) is 80.9 Å². The molecule has 6 nitrogen and oxygen atoms in total. The number of furan rings is 1. The molecule has 0 bridgehead atoms. The second-order valence-electron chi connectivity index (χ2n) is 5.66. The smallest absolute Gasteiger partial charge is 0.336 e. The summed E-state index contributed by atoms with van der Waals surface area (Å²) in [7, 11) is 0. The maximum absolute atomic E-state index is 12.9. The van der Waals surface area contributed by atoms with Crippen molar-refractivity contribution < 1.29 is 23.1 Å². The molecule has 0 atom stereocenters. The van der Waals surface area contributed by atoms with E-state index in [1.165, 1.54) is 48.9 Å². The van der Waals surface area contributed by atoms with Gasteiger partial charge in [-0.1, -0.05) is 15.9 Å². The van der Waals surface area contributed by atoms with Crippen molar-refractivity contribution in [2.45, 2.75) is 0 Å². The first kappa shape index (κ1) is 20.2. The molecule has 29 heavy (non-hydrogen) atoms. The van der Waals surface area contributed by atoms with Crippen LogP contribution in [0.25, 0.3) is 6.08 Å². The highest BCUT2D eigenvalue weighted by Gasteiger charge is 2.08. The lowest BCUT2D eigenvalue weighted by molar-refractivity contribution is -0.128. The van der Waals surface area contributed by atoms with E-state index in [9.17, 15) is 14.0 Å². The van der Waals surface area contributed by atoms with Gasteiger partial charge >= 0.3 is 5.97 Å². The van der Waals surface area contributed by atoms with Gasteiger partial charge in [-0.15, -0.1) is 0 Å².